The molecule has 1 rings (SSSR count). The van der Waals surface area contributed by atoms with Crippen LogP contribution in [0.3, 0.4) is 0 Å². The summed E-state index contributed by atoms with van der Waals surface area (Å²) >= 11 is 0. The quantitative estimate of drug-likeness (QED) is 0.697. The predicted octanol–water partition coefficient (Wildman–Crippen LogP) is 0.255. The molecule has 0 aliphatic carbocycles. The van der Waals surface area contributed by atoms with Crippen LogP contribution in [0.15, 0.2) is 0 Å². The molecule has 1 heterocycles. The van der Waals surface area contributed by atoms with Crippen LogP contribution < -0.4 is 5.32 Å². The molecule has 0 radical (unpaired) electrons. The number of carbonyl (C=O) groups is 1. The Morgan fingerprint density at radius 3 is 2.72 bits per heavy atom. The van der Waals surface area contributed by atoms with E-state index in [1.54, 1.807) is 0 Å². The monoisotopic (exact) mass is 278 g/mol. The number of carboxylic acid groups (broad SMARTS) is 1. The van der Waals surface area contributed by atoms with Gasteiger partial charge in [0.15, 0.2) is 0 Å². The minimum absolute atomic E-state index is 0.0126. The maximum absolute atomic E-state index is 12.1. The molecule has 1 aliphatic rings. The zero-order valence-electron chi connectivity index (χ0n) is 10.8. The van der Waals surface area contributed by atoms with Crippen LogP contribution in [0.2, 0.25) is 0 Å². The molecule has 0 spiro atoms. The Labute approximate surface area is 108 Å². The van der Waals surface area contributed by atoms with Gasteiger partial charge < -0.3 is 10.4 Å². The Hall–Kier alpha value is -0.660. The largest absolute Gasteiger partial charge is 0.481 e. The number of hydrogen-bond donors (Lipinski definition) is 2. The third-order valence-corrected chi connectivity index (χ3v) is 5.22. The highest BCUT2D eigenvalue weighted by Crippen LogP contribution is 2.15. The Balaban J connectivity index is 2.58. The number of piperidine rings is 1. The number of rotatable bonds is 7. The normalized spacial score (nSPS) is 21.1. The summed E-state index contributed by atoms with van der Waals surface area (Å²) in [6.45, 7) is 3.89. The maximum Gasteiger partial charge on any atom is 0.303 e. The summed E-state index contributed by atoms with van der Waals surface area (Å²) in [4.78, 5) is 10.4. The molecule has 106 valence electrons. The number of hydrogen-bond acceptors (Lipinski definition) is 4. The first-order valence-electron chi connectivity index (χ1n) is 6.39. The zero-order valence-corrected chi connectivity index (χ0v) is 11.6. The first-order chi connectivity index (χ1) is 8.47. The Morgan fingerprint density at radius 1 is 1.50 bits per heavy atom. The molecule has 0 saturated carbocycles. The summed E-state index contributed by atoms with van der Waals surface area (Å²) < 4.78 is 25.8. The molecule has 0 aromatic rings. The fourth-order valence-electron chi connectivity index (χ4n) is 2.28. The summed E-state index contributed by atoms with van der Waals surface area (Å²) in [6.07, 6.45) is 1.93. The van der Waals surface area contributed by atoms with E-state index in [1.165, 1.54) is 4.31 Å². The molecule has 1 saturated heterocycles. The number of sulfonamides is 1. The van der Waals surface area contributed by atoms with Gasteiger partial charge in [0.1, 0.15) is 0 Å². The second-order valence-corrected chi connectivity index (χ2v) is 6.56. The van der Waals surface area contributed by atoms with E-state index in [4.69, 9.17) is 5.11 Å². The van der Waals surface area contributed by atoms with E-state index in [9.17, 15) is 13.2 Å². The molecule has 0 bridgehead atoms. The minimum Gasteiger partial charge on any atom is -0.481 e. The van der Waals surface area contributed by atoms with Crippen molar-refractivity contribution in [3.05, 3.63) is 0 Å². The maximum atomic E-state index is 12.1. The van der Waals surface area contributed by atoms with Crippen LogP contribution in [0.1, 0.15) is 32.6 Å². The van der Waals surface area contributed by atoms with Crippen molar-refractivity contribution < 1.29 is 18.3 Å². The summed E-state index contributed by atoms with van der Waals surface area (Å²) in [7, 11) is -3.34. The van der Waals surface area contributed by atoms with Crippen molar-refractivity contribution in [3.8, 4) is 0 Å². The van der Waals surface area contributed by atoms with Crippen LogP contribution in [0.25, 0.3) is 0 Å². The van der Waals surface area contributed by atoms with E-state index in [2.05, 4.69) is 5.32 Å². The number of aliphatic carboxylic acids is 1. The molecule has 0 aromatic carbocycles. The Kier molecular flexibility index (Phi) is 6.04. The van der Waals surface area contributed by atoms with Gasteiger partial charge in [-0.15, -0.1) is 0 Å². The zero-order chi connectivity index (χ0) is 13.6. The molecular weight excluding hydrogens is 256 g/mol. The van der Waals surface area contributed by atoms with Gasteiger partial charge in [0, 0.05) is 25.6 Å². The number of nitrogens with zero attached hydrogens (tertiary/aromatic N) is 1. The third-order valence-electron chi connectivity index (χ3n) is 3.14. The van der Waals surface area contributed by atoms with Gasteiger partial charge in [-0.3, -0.25) is 4.79 Å². The van der Waals surface area contributed by atoms with Crippen LogP contribution in [0.4, 0.5) is 0 Å². The molecule has 1 aliphatic heterocycles. The lowest BCUT2D eigenvalue weighted by Gasteiger charge is -2.33. The number of likely N-dealkylation sites (N-methyl/N-ethyl adjacent to an activating group) is 1. The van der Waals surface area contributed by atoms with Crippen molar-refractivity contribution in [2.24, 2.45) is 0 Å². The Bertz CT molecular complexity index is 363. The van der Waals surface area contributed by atoms with Crippen molar-refractivity contribution in [1.29, 1.82) is 0 Å². The van der Waals surface area contributed by atoms with Crippen LogP contribution in [0, 0.1) is 0 Å². The van der Waals surface area contributed by atoms with Crippen molar-refractivity contribution in [2.45, 2.75) is 38.6 Å². The fraction of sp³-hybridized carbons (Fsp3) is 0.909. The summed E-state index contributed by atoms with van der Waals surface area (Å²) in [5.41, 5.74) is 0. The Morgan fingerprint density at radius 2 is 2.22 bits per heavy atom. The van der Waals surface area contributed by atoms with E-state index in [0.29, 0.717) is 13.1 Å². The van der Waals surface area contributed by atoms with Gasteiger partial charge >= 0.3 is 5.97 Å². The van der Waals surface area contributed by atoms with Crippen molar-refractivity contribution >= 4 is 16.0 Å². The average molecular weight is 278 g/mol. The first kappa shape index (κ1) is 15.4. The SMILES string of the molecule is CCN(C1CCCNC1)S(=O)(=O)CCCC(=O)O. The average Bonchev–Trinajstić information content (AvgIpc) is 2.30. The van der Waals surface area contributed by atoms with Crippen molar-refractivity contribution in [2.75, 3.05) is 25.4 Å². The van der Waals surface area contributed by atoms with Crippen LogP contribution >= 0.6 is 0 Å². The van der Waals surface area contributed by atoms with Gasteiger partial charge in [-0.25, -0.2) is 8.42 Å². The lowest BCUT2D eigenvalue weighted by Crippen LogP contribution is -2.49. The highest BCUT2D eigenvalue weighted by atomic mass is 32.2. The molecule has 0 aromatic heterocycles. The van der Waals surface area contributed by atoms with E-state index < -0.39 is 16.0 Å². The van der Waals surface area contributed by atoms with Crippen molar-refractivity contribution in [1.82, 2.24) is 9.62 Å². The molecule has 6 nitrogen and oxygen atoms in total. The summed E-state index contributed by atoms with van der Waals surface area (Å²) in [5, 5.41) is 11.7. The molecule has 1 atom stereocenters. The molecule has 7 heteroatoms. The van der Waals surface area contributed by atoms with E-state index in [1.807, 2.05) is 6.92 Å². The predicted molar refractivity (Wildman–Crippen MR) is 68.9 cm³/mol. The molecule has 2 N–H and O–H groups in total. The van der Waals surface area contributed by atoms with Gasteiger partial charge in [0.2, 0.25) is 10.0 Å². The minimum atomic E-state index is -3.34. The van der Waals surface area contributed by atoms with E-state index in [-0.39, 0.29) is 24.6 Å². The smallest absolute Gasteiger partial charge is 0.303 e. The highest BCUT2D eigenvalue weighted by molar-refractivity contribution is 7.89. The summed E-state index contributed by atoms with van der Waals surface area (Å²) in [5.74, 6) is -1.03. The first-order valence-corrected chi connectivity index (χ1v) is 8.00. The molecule has 0 amide bonds. The third kappa shape index (κ3) is 4.55. The molecular formula is C11H22N2O4S. The lowest BCUT2D eigenvalue weighted by atomic mass is 10.1. The lowest BCUT2D eigenvalue weighted by molar-refractivity contribution is -0.137. The van der Waals surface area contributed by atoms with Crippen LogP contribution in [-0.2, 0) is 14.8 Å². The molecule has 1 unspecified atom stereocenters. The number of nitrogens with one attached hydrogen (secondary N) is 1. The van der Waals surface area contributed by atoms with Crippen molar-refractivity contribution in [3.63, 3.8) is 0 Å². The standard InChI is InChI=1S/C11H22N2O4S/c1-2-13(10-5-3-7-12-9-10)18(16,17)8-4-6-11(14)15/h10,12H,2-9H2,1H3,(H,14,15). The number of carboxylic acids is 1. The van der Waals surface area contributed by atoms with Gasteiger partial charge in [-0.05, 0) is 25.8 Å². The van der Waals surface area contributed by atoms with Gasteiger partial charge in [-0.2, -0.15) is 4.31 Å². The fourth-order valence-corrected chi connectivity index (χ4v) is 4.06. The van der Waals surface area contributed by atoms with Crippen LogP contribution in [-0.4, -0.2) is 55.2 Å². The highest BCUT2D eigenvalue weighted by Gasteiger charge is 2.29. The topological polar surface area (TPSA) is 86.7 Å². The van der Waals surface area contributed by atoms with E-state index >= 15 is 0 Å². The second kappa shape index (κ2) is 7.06. The molecule has 1 fully saturated rings. The second-order valence-electron chi connectivity index (χ2n) is 4.52. The summed E-state index contributed by atoms with van der Waals surface area (Å²) in [6, 6.07) is 0.0126. The van der Waals surface area contributed by atoms with Gasteiger partial charge in [0.05, 0.1) is 5.75 Å². The van der Waals surface area contributed by atoms with Crippen LogP contribution in [0.5, 0.6) is 0 Å². The van der Waals surface area contributed by atoms with Gasteiger partial charge in [0.25, 0.3) is 0 Å². The van der Waals surface area contributed by atoms with Gasteiger partial charge in [-0.1, -0.05) is 6.92 Å². The molecule has 18 heavy (non-hydrogen) atoms. The van der Waals surface area contributed by atoms with E-state index in [0.717, 1.165) is 19.4 Å².